The van der Waals surface area contributed by atoms with Crippen molar-refractivity contribution in [3.8, 4) is 0 Å². The Hall–Kier alpha value is -0.0700. The second kappa shape index (κ2) is 8.75. The molecular formula is C18H33Cl2N3O2. The minimum atomic E-state index is 0. The predicted molar refractivity (Wildman–Crippen MR) is 104 cm³/mol. The van der Waals surface area contributed by atoms with Crippen molar-refractivity contribution >= 4 is 30.7 Å². The molecule has 0 aromatic carbocycles. The van der Waals surface area contributed by atoms with E-state index in [4.69, 9.17) is 4.74 Å². The molecule has 0 aliphatic carbocycles. The van der Waals surface area contributed by atoms with Crippen molar-refractivity contribution in [2.24, 2.45) is 5.41 Å². The number of hydrogen-bond acceptors (Lipinski definition) is 4. The first-order valence-electron chi connectivity index (χ1n) is 9.54. The summed E-state index contributed by atoms with van der Waals surface area (Å²) in [5.41, 5.74) is 0.546. The van der Waals surface area contributed by atoms with Gasteiger partial charge >= 0.3 is 0 Å². The standard InChI is InChI=1S/C18H31N3O2.2ClH/c22-16-1-3-17(14-20-16)6-10-21(11-7-17)15-2-12-23-18(13-15)4-8-19-9-5-18;;/h15,19H,1-14H2,(H,20,22);2*1H. The largest absolute Gasteiger partial charge is 0.375 e. The zero-order valence-corrected chi connectivity index (χ0v) is 16.7. The summed E-state index contributed by atoms with van der Waals surface area (Å²) in [5, 5.41) is 6.56. The van der Waals surface area contributed by atoms with E-state index in [-0.39, 0.29) is 36.3 Å². The van der Waals surface area contributed by atoms with Gasteiger partial charge in [0, 0.05) is 25.6 Å². The zero-order valence-electron chi connectivity index (χ0n) is 15.1. The smallest absolute Gasteiger partial charge is 0.220 e. The molecular weight excluding hydrogens is 361 g/mol. The van der Waals surface area contributed by atoms with E-state index in [9.17, 15) is 4.79 Å². The quantitative estimate of drug-likeness (QED) is 0.716. The predicted octanol–water partition coefficient (Wildman–Crippen LogP) is 2.12. The van der Waals surface area contributed by atoms with Crippen LogP contribution in [0, 0.1) is 5.41 Å². The molecule has 0 saturated carbocycles. The molecule has 4 fully saturated rings. The summed E-state index contributed by atoms with van der Waals surface area (Å²) in [6.45, 7) is 6.46. The summed E-state index contributed by atoms with van der Waals surface area (Å²) in [5.74, 6) is 0.246. The van der Waals surface area contributed by atoms with Crippen LogP contribution in [-0.4, -0.2) is 61.8 Å². The third-order valence-corrected chi connectivity index (χ3v) is 6.90. The number of likely N-dealkylation sites (tertiary alicyclic amines) is 1. The number of piperidine rings is 3. The Morgan fingerprint density at radius 1 is 1.04 bits per heavy atom. The van der Waals surface area contributed by atoms with E-state index < -0.39 is 0 Å². The Kier molecular flexibility index (Phi) is 7.43. The van der Waals surface area contributed by atoms with E-state index >= 15 is 0 Å². The minimum Gasteiger partial charge on any atom is -0.375 e. The van der Waals surface area contributed by atoms with E-state index in [0.717, 1.165) is 39.1 Å². The summed E-state index contributed by atoms with van der Waals surface area (Å²) < 4.78 is 6.23. The van der Waals surface area contributed by atoms with Crippen molar-refractivity contribution in [3.05, 3.63) is 0 Å². The van der Waals surface area contributed by atoms with Gasteiger partial charge in [-0.2, -0.15) is 0 Å². The van der Waals surface area contributed by atoms with Gasteiger partial charge in [0.15, 0.2) is 0 Å². The van der Waals surface area contributed by atoms with Crippen LogP contribution in [0.2, 0.25) is 0 Å². The summed E-state index contributed by atoms with van der Waals surface area (Å²) in [7, 11) is 0. The maximum absolute atomic E-state index is 11.4. The van der Waals surface area contributed by atoms with Gasteiger partial charge in [-0.1, -0.05) is 0 Å². The molecule has 1 unspecified atom stereocenters. The average Bonchev–Trinajstić information content (AvgIpc) is 2.59. The van der Waals surface area contributed by atoms with Crippen molar-refractivity contribution in [1.82, 2.24) is 15.5 Å². The number of nitrogens with zero attached hydrogens (tertiary/aromatic N) is 1. The topological polar surface area (TPSA) is 53.6 Å². The van der Waals surface area contributed by atoms with Crippen LogP contribution in [0.4, 0.5) is 0 Å². The minimum absolute atomic E-state index is 0. The van der Waals surface area contributed by atoms with Crippen LogP contribution < -0.4 is 10.6 Å². The van der Waals surface area contributed by atoms with Gasteiger partial charge in [0.1, 0.15) is 0 Å². The summed E-state index contributed by atoms with van der Waals surface area (Å²) in [4.78, 5) is 14.2. The van der Waals surface area contributed by atoms with Gasteiger partial charge in [-0.05, 0) is 76.5 Å². The van der Waals surface area contributed by atoms with Gasteiger partial charge in [-0.3, -0.25) is 4.79 Å². The number of nitrogens with one attached hydrogen (secondary N) is 2. The highest BCUT2D eigenvalue weighted by Crippen LogP contribution is 2.41. The zero-order chi connectivity index (χ0) is 15.8. The molecule has 5 nitrogen and oxygen atoms in total. The molecule has 0 aromatic rings. The Labute approximate surface area is 163 Å². The molecule has 0 bridgehead atoms. The van der Waals surface area contributed by atoms with Crippen LogP contribution >= 0.6 is 24.8 Å². The molecule has 25 heavy (non-hydrogen) atoms. The van der Waals surface area contributed by atoms with E-state index in [1.165, 1.54) is 51.6 Å². The third-order valence-electron chi connectivity index (χ3n) is 6.90. The number of ether oxygens (including phenoxy) is 1. The molecule has 4 aliphatic heterocycles. The molecule has 4 saturated heterocycles. The number of carbonyl (C=O) groups is 1. The maximum atomic E-state index is 11.4. The SMILES string of the molecule is Cl.Cl.O=C1CCC2(CCN(C3CCOC4(CCNCC4)C3)CC2)CN1. The lowest BCUT2D eigenvalue weighted by Crippen LogP contribution is -2.56. The lowest BCUT2D eigenvalue weighted by atomic mass is 9.72. The van der Waals surface area contributed by atoms with Gasteiger partial charge in [0.25, 0.3) is 0 Å². The Morgan fingerprint density at radius 2 is 1.76 bits per heavy atom. The first-order chi connectivity index (χ1) is 11.2. The van der Waals surface area contributed by atoms with Crippen molar-refractivity contribution in [1.29, 1.82) is 0 Å². The fraction of sp³-hybridized carbons (Fsp3) is 0.944. The van der Waals surface area contributed by atoms with Gasteiger partial charge in [0.05, 0.1) is 5.60 Å². The average molecular weight is 394 g/mol. The molecule has 146 valence electrons. The maximum Gasteiger partial charge on any atom is 0.220 e. The fourth-order valence-corrected chi connectivity index (χ4v) is 5.18. The molecule has 0 aromatic heterocycles. The van der Waals surface area contributed by atoms with Crippen molar-refractivity contribution in [3.63, 3.8) is 0 Å². The fourth-order valence-electron chi connectivity index (χ4n) is 5.18. The van der Waals surface area contributed by atoms with Crippen molar-refractivity contribution < 1.29 is 9.53 Å². The summed E-state index contributed by atoms with van der Waals surface area (Å²) in [6.07, 6.45) is 9.08. The van der Waals surface area contributed by atoms with E-state index in [1.807, 2.05) is 0 Å². The highest BCUT2D eigenvalue weighted by Gasteiger charge is 2.43. The van der Waals surface area contributed by atoms with E-state index in [0.29, 0.717) is 11.5 Å². The Bertz CT molecular complexity index is 432. The monoisotopic (exact) mass is 393 g/mol. The van der Waals surface area contributed by atoms with Crippen LogP contribution in [0.25, 0.3) is 0 Å². The van der Waals surface area contributed by atoms with Gasteiger partial charge in [-0.25, -0.2) is 0 Å². The van der Waals surface area contributed by atoms with Gasteiger partial charge < -0.3 is 20.3 Å². The second-order valence-corrected chi connectivity index (χ2v) is 8.24. The van der Waals surface area contributed by atoms with Crippen LogP contribution in [-0.2, 0) is 9.53 Å². The highest BCUT2D eigenvalue weighted by atomic mass is 35.5. The number of rotatable bonds is 1. The van der Waals surface area contributed by atoms with Crippen LogP contribution in [0.1, 0.15) is 51.4 Å². The van der Waals surface area contributed by atoms with Crippen LogP contribution in [0.5, 0.6) is 0 Å². The Morgan fingerprint density at radius 3 is 2.40 bits per heavy atom. The molecule has 4 heterocycles. The Balaban J connectivity index is 0.00000113. The van der Waals surface area contributed by atoms with Crippen molar-refractivity contribution in [2.75, 3.05) is 39.3 Å². The lowest BCUT2D eigenvalue weighted by Gasteiger charge is -2.50. The lowest BCUT2D eigenvalue weighted by molar-refractivity contribution is -0.130. The molecule has 7 heteroatoms. The molecule has 2 N–H and O–H groups in total. The summed E-state index contributed by atoms with van der Waals surface area (Å²) in [6, 6.07) is 0.706. The molecule has 4 aliphatic rings. The number of amides is 1. The van der Waals surface area contributed by atoms with Crippen LogP contribution in [0.15, 0.2) is 0 Å². The molecule has 4 rings (SSSR count). The molecule has 2 spiro atoms. The normalized spacial score (nSPS) is 31.7. The summed E-state index contributed by atoms with van der Waals surface area (Å²) >= 11 is 0. The first-order valence-corrected chi connectivity index (χ1v) is 9.54. The number of halogens is 2. The van der Waals surface area contributed by atoms with Gasteiger partial charge in [-0.15, -0.1) is 24.8 Å². The van der Waals surface area contributed by atoms with Crippen molar-refractivity contribution in [2.45, 2.75) is 63.0 Å². The number of carbonyl (C=O) groups excluding carboxylic acids is 1. The highest BCUT2D eigenvalue weighted by molar-refractivity contribution is 5.85. The van der Waals surface area contributed by atoms with Gasteiger partial charge in [0.2, 0.25) is 5.91 Å². The third kappa shape index (κ3) is 4.62. The first kappa shape index (κ1) is 21.2. The van der Waals surface area contributed by atoms with Crippen LogP contribution in [0.3, 0.4) is 0 Å². The molecule has 1 atom stereocenters. The van der Waals surface area contributed by atoms with E-state index in [1.54, 1.807) is 0 Å². The second-order valence-electron chi connectivity index (χ2n) is 8.24. The van der Waals surface area contributed by atoms with E-state index in [2.05, 4.69) is 15.5 Å². The number of hydrogen-bond donors (Lipinski definition) is 2. The molecule has 0 radical (unpaired) electrons. The molecule has 1 amide bonds.